The second kappa shape index (κ2) is 6.02. The van der Waals surface area contributed by atoms with Crippen molar-refractivity contribution in [2.45, 2.75) is 45.2 Å². The van der Waals surface area contributed by atoms with Crippen LogP contribution in [0.4, 0.5) is 0 Å². The van der Waals surface area contributed by atoms with E-state index in [1.165, 1.54) is 6.26 Å². The molecule has 0 bridgehead atoms. The third-order valence-electron chi connectivity index (χ3n) is 3.52. The van der Waals surface area contributed by atoms with Crippen molar-refractivity contribution >= 4 is 15.7 Å². The first kappa shape index (κ1) is 15.4. The summed E-state index contributed by atoms with van der Waals surface area (Å²) in [7, 11) is -3.06. The number of amides is 1. The Morgan fingerprint density at radius 3 is 2.44 bits per heavy atom. The highest BCUT2D eigenvalue weighted by Gasteiger charge is 2.32. The highest BCUT2D eigenvalue weighted by atomic mass is 32.2. The van der Waals surface area contributed by atoms with Crippen LogP contribution in [0.3, 0.4) is 0 Å². The fourth-order valence-electron chi connectivity index (χ4n) is 2.69. The van der Waals surface area contributed by atoms with E-state index < -0.39 is 9.84 Å². The Morgan fingerprint density at radius 2 is 2.06 bits per heavy atom. The quantitative estimate of drug-likeness (QED) is 0.788. The average Bonchev–Trinajstić information content (AvgIpc) is 2.63. The minimum atomic E-state index is -3.06. The van der Waals surface area contributed by atoms with Crippen molar-refractivity contribution in [2.75, 3.05) is 18.6 Å². The van der Waals surface area contributed by atoms with Gasteiger partial charge in [-0.3, -0.25) is 4.79 Å². The van der Waals surface area contributed by atoms with Gasteiger partial charge in [-0.25, -0.2) is 8.42 Å². The Labute approximate surface area is 110 Å². The lowest BCUT2D eigenvalue weighted by Crippen LogP contribution is -2.44. The lowest BCUT2D eigenvalue weighted by atomic mass is 10.1. The third kappa shape index (κ3) is 4.24. The van der Waals surface area contributed by atoms with Gasteiger partial charge in [-0.1, -0.05) is 0 Å². The normalized spacial score (nSPS) is 26.0. The predicted molar refractivity (Wildman–Crippen MR) is 71.9 cm³/mol. The van der Waals surface area contributed by atoms with Crippen LogP contribution in [0.1, 0.15) is 33.1 Å². The zero-order valence-electron chi connectivity index (χ0n) is 11.4. The van der Waals surface area contributed by atoms with Crippen LogP contribution in [0.15, 0.2) is 0 Å². The summed E-state index contributed by atoms with van der Waals surface area (Å²) in [6.07, 6.45) is 3.63. The van der Waals surface area contributed by atoms with E-state index in [2.05, 4.69) is 0 Å². The Kier molecular flexibility index (Phi) is 5.16. The van der Waals surface area contributed by atoms with Gasteiger partial charge in [0.1, 0.15) is 9.84 Å². The van der Waals surface area contributed by atoms with Crippen LogP contribution in [0.2, 0.25) is 0 Å². The molecule has 1 fully saturated rings. The molecule has 106 valence electrons. The molecule has 3 unspecified atom stereocenters. The molecular formula is C12H24N2O3S. The molecule has 0 radical (unpaired) electrons. The van der Waals surface area contributed by atoms with E-state index in [9.17, 15) is 13.2 Å². The maximum atomic E-state index is 12.3. The second-order valence-electron chi connectivity index (χ2n) is 5.34. The molecule has 0 aliphatic heterocycles. The number of hydrogen-bond donors (Lipinski definition) is 1. The maximum Gasteiger partial charge on any atom is 0.226 e. The van der Waals surface area contributed by atoms with Gasteiger partial charge in [-0.2, -0.15) is 0 Å². The SMILES string of the molecule is CCN(C(=O)C1CCC(N)C1)C(C)CS(C)(=O)=O. The maximum absolute atomic E-state index is 12.3. The van der Waals surface area contributed by atoms with Crippen molar-refractivity contribution in [2.24, 2.45) is 11.7 Å². The van der Waals surface area contributed by atoms with E-state index in [4.69, 9.17) is 5.73 Å². The lowest BCUT2D eigenvalue weighted by molar-refractivity contribution is -0.136. The highest BCUT2D eigenvalue weighted by Crippen LogP contribution is 2.26. The fraction of sp³-hybridized carbons (Fsp3) is 0.917. The van der Waals surface area contributed by atoms with Gasteiger partial charge in [0.2, 0.25) is 5.91 Å². The molecule has 0 aromatic carbocycles. The van der Waals surface area contributed by atoms with Crippen molar-refractivity contribution in [3.63, 3.8) is 0 Å². The van der Waals surface area contributed by atoms with Crippen molar-refractivity contribution in [3.05, 3.63) is 0 Å². The summed E-state index contributed by atoms with van der Waals surface area (Å²) >= 11 is 0. The third-order valence-corrected chi connectivity index (χ3v) is 4.61. The molecule has 2 N–H and O–H groups in total. The number of nitrogens with two attached hydrogens (primary N) is 1. The van der Waals surface area contributed by atoms with Crippen LogP contribution in [0.5, 0.6) is 0 Å². The number of nitrogens with zero attached hydrogens (tertiary/aromatic N) is 1. The van der Waals surface area contributed by atoms with E-state index >= 15 is 0 Å². The highest BCUT2D eigenvalue weighted by molar-refractivity contribution is 7.90. The molecule has 1 aliphatic carbocycles. The molecule has 1 rings (SSSR count). The smallest absolute Gasteiger partial charge is 0.226 e. The van der Waals surface area contributed by atoms with Crippen LogP contribution in [0, 0.1) is 5.92 Å². The minimum Gasteiger partial charge on any atom is -0.339 e. The van der Waals surface area contributed by atoms with Gasteiger partial charge >= 0.3 is 0 Å². The van der Waals surface area contributed by atoms with E-state index in [1.807, 2.05) is 6.92 Å². The van der Waals surface area contributed by atoms with E-state index in [0.717, 1.165) is 19.3 Å². The Balaban J connectivity index is 2.68. The first-order valence-electron chi connectivity index (χ1n) is 6.48. The Hall–Kier alpha value is -0.620. The van der Waals surface area contributed by atoms with Crippen molar-refractivity contribution < 1.29 is 13.2 Å². The summed E-state index contributed by atoms with van der Waals surface area (Å²) in [4.78, 5) is 14.0. The van der Waals surface area contributed by atoms with Crippen LogP contribution in [-0.4, -0.2) is 49.9 Å². The van der Waals surface area contributed by atoms with Gasteiger partial charge in [-0.15, -0.1) is 0 Å². The molecule has 0 saturated heterocycles. The zero-order chi connectivity index (χ0) is 13.9. The molecule has 18 heavy (non-hydrogen) atoms. The van der Waals surface area contributed by atoms with Gasteiger partial charge in [0.25, 0.3) is 0 Å². The number of carbonyl (C=O) groups excluding carboxylic acids is 1. The molecule has 0 aromatic heterocycles. The molecule has 1 amide bonds. The number of sulfone groups is 1. The summed E-state index contributed by atoms with van der Waals surface area (Å²) in [5, 5.41) is 0. The van der Waals surface area contributed by atoms with E-state index in [-0.39, 0.29) is 29.7 Å². The van der Waals surface area contributed by atoms with Gasteiger partial charge in [0, 0.05) is 30.8 Å². The van der Waals surface area contributed by atoms with Gasteiger partial charge in [0.15, 0.2) is 0 Å². The number of rotatable bonds is 5. The second-order valence-corrected chi connectivity index (χ2v) is 7.52. The Morgan fingerprint density at radius 1 is 1.44 bits per heavy atom. The molecule has 5 nitrogen and oxygen atoms in total. The van der Waals surface area contributed by atoms with Gasteiger partial charge < -0.3 is 10.6 Å². The van der Waals surface area contributed by atoms with Crippen molar-refractivity contribution in [1.82, 2.24) is 4.90 Å². The van der Waals surface area contributed by atoms with Crippen LogP contribution >= 0.6 is 0 Å². The van der Waals surface area contributed by atoms with Crippen molar-refractivity contribution in [1.29, 1.82) is 0 Å². The van der Waals surface area contributed by atoms with Crippen molar-refractivity contribution in [3.8, 4) is 0 Å². The van der Waals surface area contributed by atoms with E-state index in [1.54, 1.807) is 11.8 Å². The van der Waals surface area contributed by atoms with Crippen LogP contribution in [0.25, 0.3) is 0 Å². The summed E-state index contributed by atoms with van der Waals surface area (Å²) < 4.78 is 22.6. The average molecular weight is 276 g/mol. The molecule has 6 heteroatoms. The van der Waals surface area contributed by atoms with Gasteiger partial charge in [-0.05, 0) is 33.1 Å². The molecule has 0 spiro atoms. The molecule has 0 heterocycles. The molecule has 0 aromatic rings. The lowest BCUT2D eigenvalue weighted by Gasteiger charge is -2.30. The van der Waals surface area contributed by atoms with Crippen LogP contribution < -0.4 is 5.73 Å². The fourth-order valence-corrected chi connectivity index (χ4v) is 3.74. The summed E-state index contributed by atoms with van der Waals surface area (Å²) in [6.45, 7) is 4.21. The molecule has 3 atom stereocenters. The summed E-state index contributed by atoms with van der Waals surface area (Å²) in [5.74, 6) is 0.0503. The minimum absolute atomic E-state index is 0.0192. The first-order valence-corrected chi connectivity index (χ1v) is 8.54. The van der Waals surface area contributed by atoms with E-state index in [0.29, 0.717) is 6.54 Å². The predicted octanol–water partition coefficient (Wildman–Crippen LogP) is 0.395. The number of carbonyl (C=O) groups is 1. The number of hydrogen-bond acceptors (Lipinski definition) is 4. The topological polar surface area (TPSA) is 80.5 Å². The monoisotopic (exact) mass is 276 g/mol. The van der Waals surface area contributed by atoms with Crippen LogP contribution in [-0.2, 0) is 14.6 Å². The molecular weight excluding hydrogens is 252 g/mol. The molecule has 1 saturated carbocycles. The standard InChI is InChI=1S/C12H24N2O3S/c1-4-14(9(2)8-18(3,16)17)12(15)10-5-6-11(13)7-10/h9-11H,4-8,13H2,1-3H3. The first-order chi connectivity index (χ1) is 8.24. The molecule has 1 aliphatic rings. The van der Waals surface area contributed by atoms with Gasteiger partial charge in [0.05, 0.1) is 5.75 Å². The Bertz CT molecular complexity index is 394. The summed E-state index contributed by atoms with van der Waals surface area (Å²) in [5.41, 5.74) is 5.82. The largest absolute Gasteiger partial charge is 0.339 e. The zero-order valence-corrected chi connectivity index (χ0v) is 12.2. The summed E-state index contributed by atoms with van der Waals surface area (Å²) in [6, 6.07) is -0.155.